The highest BCUT2D eigenvalue weighted by Gasteiger charge is 2.12. The van der Waals surface area contributed by atoms with E-state index in [9.17, 15) is 0 Å². The third kappa shape index (κ3) is 5.80. The van der Waals surface area contributed by atoms with E-state index in [2.05, 4.69) is 51.2 Å². The van der Waals surface area contributed by atoms with Gasteiger partial charge in [0.2, 0.25) is 0 Å². The van der Waals surface area contributed by atoms with Crippen molar-refractivity contribution < 1.29 is 0 Å². The SMILES string of the molecule is CCCNCc1ccc(SC(C)(C)C)cc1Cl. The topological polar surface area (TPSA) is 12.0 Å². The van der Waals surface area contributed by atoms with Crippen LogP contribution in [0.5, 0.6) is 0 Å². The molecule has 1 aromatic rings. The van der Waals surface area contributed by atoms with Crippen molar-refractivity contribution in [3.63, 3.8) is 0 Å². The Labute approximate surface area is 114 Å². The van der Waals surface area contributed by atoms with Gasteiger partial charge in [-0.05, 0) is 30.7 Å². The Balaban J connectivity index is 2.66. The average molecular weight is 272 g/mol. The second-order valence-corrected chi connectivity index (χ2v) is 7.45. The molecule has 0 aliphatic rings. The second kappa shape index (κ2) is 6.67. The first-order chi connectivity index (χ1) is 7.92. The molecule has 0 unspecified atom stereocenters. The van der Waals surface area contributed by atoms with Gasteiger partial charge in [-0.25, -0.2) is 0 Å². The molecule has 0 fully saturated rings. The number of hydrogen-bond donors (Lipinski definition) is 1. The van der Waals surface area contributed by atoms with Gasteiger partial charge < -0.3 is 5.32 Å². The maximum Gasteiger partial charge on any atom is 0.0462 e. The number of benzene rings is 1. The van der Waals surface area contributed by atoms with Gasteiger partial charge in [-0.2, -0.15) is 0 Å². The molecule has 0 radical (unpaired) electrons. The zero-order valence-corrected chi connectivity index (χ0v) is 12.7. The molecule has 0 aliphatic heterocycles. The molecule has 3 heteroatoms. The van der Waals surface area contributed by atoms with Gasteiger partial charge in [0, 0.05) is 21.2 Å². The fourth-order valence-corrected chi connectivity index (χ4v) is 2.82. The summed E-state index contributed by atoms with van der Waals surface area (Å²) in [6, 6.07) is 6.35. The maximum atomic E-state index is 6.28. The third-order valence-corrected chi connectivity index (χ3v) is 3.64. The van der Waals surface area contributed by atoms with E-state index in [0.717, 1.165) is 24.5 Å². The van der Waals surface area contributed by atoms with Crippen LogP contribution in [0.15, 0.2) is 23.1 Å². The Hall–Kier alpha value is -0.180. The Morgan fingerprint density at radius 1 is 1.29 bits per heavy atom. The first-order valence-electron chi connectivity index (χ1n) is 6.10. The Morgan fingerprint density at radius 2 is 2.00 bits per heavy atom. The van der Waals surface area contributed by atoms with Gasteiger partial charge in [0.05, 0.1) is 0 Å². The van der Waals surface area contributed by atoms with Gasteiger partial charge >= 0.3 is 0 Å². The highest BCUT2D eigenvalue weighted by molar-refractivity contribution is 8.00. The fourth-order valence-electron chi connectivity index (χ4n) is 1.49. The van der Waals surface area contributed by atoms with E-state index >= 15 is 0 Å². The summed E-state index contributed by atoms with van der Waals surface area (Å²) in [7, 11) is 0. The van der Waals surface area contributed by atoms with Crippen molar-refractivity contribution in [3.05, 3.63) is 28.8 Å². The minimum atomic E-state index is 0.227. The van der Waals surface area contributed by atoms with E-state index in [1.807, 2.05) is 11.8 Å². The van der Waals surface area contributed by atoms with Crippen LogP contribution >= 0.6 is 23.4 Å². The van der Waals surface area contributed by atoms with E-state index in [1.165, 1.54) is 10.5 Å². The molecule has 96 valence electrons. The summed E-state index contributed by atoms with van der Waals surface area (Å²) in [6.07, 6.45) is 1.15. The van der Waals surface area contributed by atoms with Crippen LogP contribution in [0.3, 0.4) is 0 Å². The van der Waals surface area contributed by atoms with Crippen molar-refractivity contribution in [2.45, 2.75) is 50.3 Å². The Bertz CT molecular complexity index is 358. The van der Waals surface area contributed by atoms with Crippen molar-refractivity contribution in [1.29, 1.82) is 0 Å². The number of halogens is 1. The molecule has 1 aromatic carbocycles. The van der Waals surface area contributed by atoms with E-state index in [1.54, 1.807) is 0 Å². The van der Waals surface area contributed by atoms with Crippen LogP contribution in [0.2, 0.25) is 5.02 Å². The molecule has 0 bridgehead atoms. The van der Waals surface area contributed by atoms with Gasteiger partial charge in [0.1, 0.15) is 0 Å². The predicted octanol–water partition coefficient (Wildman–Crippen LogP) is 4.73. The number of thioether (sulfide) groups is 1. The zero-order chi connectivity index (χ0) is 12.9. The molecule has 0 aliphatic carbocycles. The van der Waals surface area contributed by atoms with E-state index < -0.39 is 0 Å². The Kier molecular flexibility index (Phi) is 5.84. The smallest absolute Gasteiger partial charge is 0.0462 e. The summed E-state index contributed by atoms with van der Waals surface area (Å²) in [5.41, 5.74) is 1.18. The van der Waals surface area contributed by atoms with Gasteiger partial charge in [0.15, 0.2) is 0 Å². The minimum Gasteiger partial charge on any atom is -0.313 e. The molecule has 0 spiro atoms. The third-order valence-electron chi connectivity index (χ3n) is 2.19. The lowest BCUT2D eigenvalue weighted by Crippen LogP contribution is -2.14. The predicted molar refractivity (Wildman–Crippen MR) is 79.1 cm³/mol. The van der Waals surface area contributed by atoms with E-state index in [4.69, 9.17) is 11.6 Å². The summed E-state index contributed by atoms with van der Waals surface area (Å²) in [4.78, 5) is 1.24. The van der Waals surface area contributed by atoms with Crippen molar-refractivity contribution in [1.82, 2.24) is 5.32 Å². The van der Waals surface area contributed by atoms with Crippen LogP contribution in [0, 0.1) is 0 Å². The standard InChI is InChI=1S/C14H22ClNS/c1-5-8-16-10-11-6-7-12(9-13(11)15)17-14(2,3)4/h6-7,9,16H,5,8,10H2,1-4H3. The highest BCUT2D eigenvalue weighted by atomic mass is 35.5. The van der Waals surface area contributed by atoms with Crippen molar-refractivity contribution in [2.75, 3.05) is 6.54 Å². The number of rotatable bonds is 5. The van der Waals surface area contributed by atoms with Crippen LogP contribution < -0.4 is 5.32 Å². The lowest BCUT2D eigenvalue weighted by Gasteiger charge is -2.18. The minimum absolute atomic E-state index is 0.227. The summed E-state index contributed by atoms with van der Waals surface area (Å²) < 4.78 is 0.227. The molecular formula is C14H22ClNS. The van der Waals surface area contributed by atoms with Crippen molar-refractivity contribution >= 4 is 23.4 Å². The molecule has 17 heavy (non-hydrogen) atoms. The summed E-state index contributed by atoms with van der Waals surface area (Å²) >= 11 is 8.13. The molecule has 0 heterocycles. The average Bonchev–Trinajstić information content (AvgIpc) is 2.19. The largest absolute Gasteiger partial charge is 0.313 e. The summed E-state index contributed by atoms with van der Waals surface area (Å²) in [6.45, 7) is 10.7. The molecule has 0 aromatic heterocycles. The van der Waals surface area contributed by atoms with Gasteiger partial charge in [-0.3, -0.25) is 0 Å². The number of hydrogen-bond acceptors (Lipinski definition) is 2. The summed E-state index contributed by atoms with van der Waals surface area (Å²) in [5.74, 6) is 0. The maximum absolute atomic E-state index is 6.28. The zero-order valence-electron chi connectivity index (χ0n) is 11.1. The van der Waals surface area contributed by atoms with Crippen LogP contribution in [0.25, 0.3) is 0 Å². The molecule has 0 saturated carbocycles. The van der Waals surface area contributed by atoms with Gasteiger partial charge in [-0.1, -0.05) is 45.4 Å². The lowest BCUT2D eigenvalue weighted by molar-refractivity contribution is 0.675. The highest BCUT2D eigenvalue weighted by Crippen LogP contribution is 2.33. The van der Waals surface area contributed by atoms with Crippen LogP contribution in [-0.2, 0) is 6.54 Å². The quantitative estimate of drug-likeness (QED) is 0.614. The van der Waals surface area contributed by atoms with Gasteiger partial charge in [0.25, 0.3) is 0 Å². The lowest BCUT2D eigenvalue weighted by atomic mass is 10.2. The van der Waals surface area contributed by atoms with Gasteiger partial charge in [-0.15, -0.1) is 11.8 Å². The first-order valence-corrected chi connectivity index (χ1v) is 7.30. The Morgan fingerprint density at radius 3 is 2.53 bits per heavy atom. The summed E-state index contributed by atoms with van der Waals surface area (Å²) in [5, 5.41) is 4.23. The van der Waals surface area contributed by atoms with Crippen LogP contribution in [0.4, 0.5) is 0 Å². The molecule has 0 amide bonds. The van der Waals surface area contributed by atoms with E-state index in [-0.39, 0.29) is 4.75 Å². The fraction of sp³-hybridized carbons (Fsp3) is 0.571. The van der Waals surface area contributed by atoms with E-state index in [0.29, 0.717) is 0 Å². The second-order valence-electron chi connectivity index (χ2n) is 5.14. The first kappa shape index (κ1) is 14.9. The normalized spacial score (nSPS) is 11.8. The number of nitrogens with one attached hydrogen (secondary N) is 1. The monoisotopic (exact) mass is 271 g/mol. The molecule has 1 N–H and O–H groups in total. The van der Waals surface area contributed by atoms with Crippen LogP contribution in [-0.4, -0.2) is 11.3 Å². The van der Waals surface area contributed by atoms with Crippen LogP contribution in [0.1, 0.15) is 39.7 Å². The molecule has 1 rings (SSSR count). The molecular weight excluding hydrogens is 250 g/mol. The molecule has 0 saturated heterocycles. The van der Waals surface area contributed by atoms with Crippen molar-refractivity contribution in [2.24, 2.45) is 0 Å². The molecule has 1 nitrogen and oxygen atoms in total. The van der Waals surface area contributed by atoms with Crippen molar-refractivity contribution in [3.8, 4) is 0 Å². The molecule has 0 atom stereocenters.